The van der Waals surface area contributed by atoms with Gasteiger partial charge in [-0.2, -0.15) is 0 Å². The van der Waals surface area contributed by atoms with E-state index in [1.54, 1.807) is 0 Å². The average Bonchev–Trinajstić information content (AvgIpc) is 2.93. The van der Waals surface area contributed by atoms with Gasteiger partial charge in [-0.05, 0) is 30.5 Å². The Labute approximate surface area is 163 Å². The van der Waals surface area contributed by atoms with E-state index in [0.29, 0.717) is 5.92 Å². The van der Waals surface area contributed by atoms with E-state index in [-0.39, 0.29) is 24.0 Å². The van der Waals surface area contributed by atoms with Gasteiger partial charge in [0, 0.05) is 39.6 Å². The Balaban J connectivity index is 0.00000288. The number of aromatic nitrogens is 1. The highest BCUT2D eigenvalue weighted by Crippen LogP contribution is 2.15. The summed E-state index contributed by atoms with van der Waals surface area (Å²) in [6, 6.07) is 13.0. The average molecular weight is 440 g/mol. The molecular weight excluding hydrogens is 411 g/mol. The van der Waals surface area contributed by atoms with Gasteiger partial charge in [0.15, 0.2) is 5.96 Å². The molecule has 5 heteroatoms. The van der Waals surface area contributed by atoms with Crippen molar-refractivity contribution in [1.29, 1.82) is 0 Å². The van der Waals surface area contributed by atoms with Crippen LogP contribution in [0.15, 0.2) is 47.6 Å². The topological polar surface area (TPSA) is 32.6 Å². The first-order valence-electron chi connectivity index (χ1n) is 8.09. The summed E-state index contributed by atoms with van der Waals surface area (Å²) in [7, 11) is 5.97. The van der Waals surface area contributed by atoms with Crippen LogP contribution in [-0.4, -0.2) is 36.1 Å². The summed E-state index contributed by atoms with van der Waals surface area (Å²) in [6.07, 6.45) is 2.07. The Morgan fingerprint density at radius 1 is 1.25 bits per heavy atom. The smallest absolute Gasteiger partial charge is 0.193 e. The molecule has 4 nitrogen and oxygen atoms in total. The van der Waals surface area contributed by atoms with Gasteiger partial charge in [0.2, 0.25) is 0 Å². The van der Waals surface area contributed by atoms with E-state index in [2.05, 4.69) is 90.3 Å². The molecule has 0 radical (unpaired) electrons. The van der Waals surface area contributed by atoms with Crippen molar-refractivity contribution in [3.8, 4) is 0 Å². The maximum atomic E-state index is 4.40. The van der Waals surface area contributed by atoms with Gasteiger partial charge < -0.3 is 14.8 Å². The largest absolute Gasteiger partial charge is 0.356 e. The maximum absolute atomic E-state index is 4.40. The lowest BCUT2D eigenvalue weighted by Gasteiger charge is -2.24. The molecule has 2 rings (SSSR count). The second-order valence-electron chi connectivity index (χ2n) is 6.21. The van der Waals surface area contributed by atoms with Crippen molar-refractivity contribution >= 4 is 29.9 Å². The third kappa shape index (κ3) is 5.54. The van der Waals surface area contributed by atoms with E-state index < -0.39 is 0 Å². The normalized spacial score (nSPS) is 12.5. The van der Waals surface area contributed by atoms with Crippen LogP contribution in [0.2, 0.25) is 0 Å². The maximum Gasteiger partial charge on any atom is 0.193 e. The number of rotatable bonds is 5. The van der Waals surface area contributed by atoms with E-state index >= 15 is 0 Å². The molecule has 1 aromatic carbocycles. The Kier molecular flexibility index (Phi) is 8.31. The number of aryl methyl sites for hydroxylation is 2. The molecule has 0 bridgehead atoms. The van der Waals surface area contributed by atoms with Gasteiger partial charge in [0.1, 0.15) is 0 Å². The molecule has 0 amide bonds. The molecule has 0 spiro atoms. The molecule has 1 N–H and O–H groups in total. The number of halogens is 1. The monoisotopic (exact) mass is 440 g/mol. The number of benzene rings is 1. The molecule has 0 aliphatic heterocycles. The summed E-state index contributed by atoms with van der Waals surface area (Å²) in [5, 5.41) is 3.48. The molecule has 1 unspecified atom stereocenters. The first-order valence-corrected chi connectivity index (χ1v) is 8.09. The fourth-order valence-corrected chi connectivity index (χ4v) is 2.62. The Morgan fingerprint density at radius 2 is 1.92 bits per heavy atom. The highest BCUT2D eigenvalue weighted by Gasteiger charge is 2.11. The summed E-state index contributed by atoms with van der Waals surface area (Å²) in [5.41, 5.74) is 3.91. The van der Waals surface area contributed by atoms with Crippen LogP contribution in [0, 0.1) is 6.92 Å². The molecule has 0 saturated heterocycles. The van der Waals surface area contributed by atoms with Gasteiger partial charge in [0.05, 0.1) is 6.54 Å². The third-order valence-corrected chi connectivity index (χ3v) is 4.24. The van der Waals surface area contributed by atoms with Crippen LogP contribution in [0.25, 0.3) is 0 Å². The van der Waals surface area contributed by atoms with Crippen LogP contribution in [0.1, 0.15) is 29.7 Å². The molecule has 2 aromatic rings. The molecule has 0 saturated carbocycles. The van der Waals surface area contributed by atoms with Crippen LogP contribution < -0.4 is 5.32 Å². The minimum Gasteiger partial charge on any atom is -0.356 e. The zero-order valence-corrected chi connectivity index (χ0v) is 17.6. The standard InChI is InChI=1S/C19H28N4.HI/c1-15-8-10-17(11-9-15)16(2)13-21-19(20-3)23(5)14-18-7-6-12-22(18)4;/h6-12,16H,13-14H2,1-5H3,(H,20,21);1H. The number of nitrogens with zero attached hydrogens (tertiary/aromatic N) is 3. The number of nitrogens with one attached hydrogen (secondary N) is 1. The van der Waals surface area contributed by atoms with Crippen molar-refractivity contribution < 1.29 is 0 Å². The molecule has 1 heterocycles. The SMILES string of the molecule is CN=C(NCC(C)c1ccc(C)cc1)N(C)Cc1cccn1C.I. The molecule has 1 aromatic heterocycles. The number of guanidine groups is 1. The molecule has 24 heavy (non-hydrogen) atoms. The molecule has 132 valence electrons. The quantitative estimate of drug-likeness (QED) is 0.436. The lowest BCUT2D eigenvalue weighted by atomic mass is 10.0. The lowest BCUT2D eigenvalue weighted by molar-refractivity contribution is 0.459. The van der Waals surface area contributed by atoms with E-state index in [9.17, 15) is 0 Å². The molecular formula is C19H29IN4. The fraction of sp³-hybridized carbons (Fsp3) is 0.421. The number of hydrogen-bond acceptors (Lipinski definition) is 1. The second kappa shape index (κ2) is 9.71. The molecule has 0 fully saturated rings. The molecule has 1 atom stereocenters. The zero-order chi connectivity index (χ0) is 16.8. The summed E-state index contributed by atoms with van der Waals surface area (Å²) >= 11 is 0. The van der Waals surface area contributed by atoms with Crippen LogP contribution in [-0.2, 0) is 13.6 Å². The van der Waals surface area contributed by atoms with E-state index in [1.165, 1.54) is 16.8 Å². The number of hydrogen-bond donors (Lipinski definition) is 1. The molecule has 0 aliphatic carbocycles. The van der Waals surface area contributed by atoms with Gasteiger partial charge in [-0.25, -0.2) is 0 Å². The van der Waals surface area contributed by atoms with E-state index in [0.717, 1.165) is 19.0 Å². The van der Waals surface area contributed by atoms with Crippen LogP contribution in [0.5, 0.6) is 0 Å². The highest BCUT2D eigenvalue weighted by molar-refractivity contribution is 14.0. The van der Waals surface area contributed by atoms with E-state index in [4.69, 9.17) is 0 Å². The van der Waals surface area contributed by atoms with Gasteiger partial charge >= 0.3 is 0 Å². The Bertz CT molecular complexity index is 646. The predicted octanol–water partition coefficient (Wildman–Crippen LogP) is 3.76. The zero-order valence-electron chi connectivity index (χ0n) is 15.3. The fourth-order valence-electron chi connectivity index (χ4n) is 2.62. The second-order valence-corrected chi connectivity index (χ2v) is 6.21. The summed E-state index contributed by atoms with van der Waals surface area (Å²) in [4.78, 5) is 6.55. The highest BCUT2D eigenvalue weighted by atomic mass is 127. The van der Waals surface area contributed by atoms with Gasteiger partial charge in [-0.15, -0.1) is 24.0 Å². The van der Waals surface area contributed by atoms with Crippen molar-refractivity contribution in [3.63, 3.8) is 0 Å². The first kappa shape index (κ1) is 20.5. The van der Waals surface area contributed by atoms with Crippen molar-refractivity contribution in [2.45, 2.75) is 26.3 Å². The number of aliphatic imine (C=N–C) groups is 1. The van der Waals surface area contributed by atoms with Crippen molar-refractivity contribution in [3.05, 3.63) is 59.4 Å². The van der Waals surface area contributed by atoms with Crippen LogP contribution in [0.3, 0.4) is 0 Å². The Hall–Kier alpha value is -1.50. The summed E-state index contributed by atoms with van der Waals surface area (Å²) in [6.45, 7) is 6.06. The first-order chi connectivity index (χ1) is 11.0. The van der Waals surface area contributed by atoms with Crippen molar-refractivity contribution in [1.82, 2.24) is 14.8 Å². The third-order valence-electron chi connectivity index (χ3n) is 4.24. The Morgan fingerprint density at radius 3 is 2.46 bits per heavy atom. The summed E-state index contributed by atoms with van der Waals surface area (Å²) in [5.74, 6) is 1.36. The van der Waals surface area contributed by atoms with Crippen molar-refractivity contribution in [2.75, 3.05) is 20.6 Å². The lowest BCUT2D eigenvalue weighted by Crippen LogP contribution is -2.40. The van der Waals surface area contributed by atoms with Gasteiger partial charge in [-0.1, -0.05) is 36.8 Å². The predicted molar refractivity (Wildman–Crippen MR) is 113 cm³/mol. The van der Waals surface area contributed by atoms with Crippen molar-refractivity contribution in [2.24, 2.45) is 12.0 Å². The van der Waals surface area contributed by atoms with Crippen LogP contribution in [0.4, 0.5) is 0 Å². The summed E-state index contributed by atoms with van der Waals surface area (Å²) < 4.78 is 2.14. The van der Waals surface area contributed by atoms with Crippen LogP contribution >= 0.6 is 24.0 Å². The van der Waals surface area contributed by atoms with Gasteiger partial charge in [-0.3, -0.25) is 4.99 Å². The molecule has 0 aliphatic rings. The van der Waals surface area contributed by atoms with E-state index in [1.807, 2.05) is 7.05 Å². The minimum absolute atomic E-state index is 0. The minimum atomic E-state index is 0. The van der Waals surface area contributed by atoms with Gasteiger partial charge in [0.25, 0.3) is 0 Å².